The Bertz CT molecular complexity index is 1280. The van der Waals surface area contributed by atoms with E-state index in [1.807, 2.05) is 24.3 Å². The van der Waals surface area contributed by atoms with Gasteiger partial charge in [-0.3, -0.25) is 14.5 Å². The summed E-state index contributed by atoms with van der Waals surface area (Å²) in [6.07, 6.45) is 1.53. The van der Waals surface area contributed by atoms with E-state index < -0.39 is 5.97 Å². The molecule has 0 aliphatic carbocycles. The van der Waals surface area contributed by atoms with Crippen LogP contribution >= 0.6 is 34.3 Å². The molecule has 9 heteroatoms. The van der Waals surface area contributed by atoms with Crippen molar-refractivity contribution in [2.45, 2.75) is 13.3 Å². The molecule has 2 aromatic carbocycles. The number of carboxylic acid groups (broad SMARTS) is 1. The Kier molecular flexibility index (Phi) is 6.13. The van der Waals surface area contributed by atoms with Crippen LogP contribution in [0.5, 0.6) is 0 Å². The molecule has 0 saturated carbocycles. The number of hydrogen-bond donors (Lipinski definition) is 1. The zero-order valence-electron chi connectivity index (χ0n) is 16.3. The number of anilines is 2. The number of amides is 1. The molecule has 156 valence electrons. The quantitative estimate of drug-likeness (QED) is 0.368. The van der Waals surface area contributed by atoms with Gasteiger partial charge in [0, 0.05) is 22.9 Å². The molecule has 0 atom stereocenters. The summed E-state index contributed by atoms with van der Waals surface area (Å²) in [5, 5.41) is 12.8. The fourth-order valence-electron chi connectivity index (χ4n) is 3.03. The van der Waals surface area contributed by atoms with Crippen molar-refractivity contribution < 1.29 is 14.7 Å². The minimum absolute atomic E-state index is 0.183. The minimum atomic E-state index is -0.953. The van der Waals surface area contributed by atoms with Crippen molar-refractivity contribution in [3.8, 4) is 0 Å². The molecule has 0 fully saturated rings. The van der Waals surface area contributed by atoms with E-state index in [1.54, 1.807) is 35.7 Å². The first-order valence-corrected chi connectivity index (χ1v) is 11.3. The molecule has 0 bridgehead atoms. The van der Waals surface area contributed by atoms with Gasteiger partial charge in [0.2, 0.25) is 5.91 Å². The molecule has 2 aromatic heterocycles. The fraction of sp³-hybridized carbons (Fsp3) is 0.0909. The number of hydrogen-bond acceptors (Lipinski definition) is 6. The molecule has 31 heavy (non-hydrogen) atoms. The summed E-state index contributed by atoms with van der Waals surface area (Å²) in [7, 11) is 0. The van der Waals surface area contributed by atoms with E-state index in [-0.39, 0.29) is 12.3 Å². The van der Waals surface area contributed by atoms with E-state index in [0.29, 0.717) is 32.1 Å². The van der Waals surface area contributed by atoms with Crippen LogP contribution in [0.2, 0.25) is 5.02 Å². The first-order valence-electron chi connectivity index (χ1n) is 9.21. The summed E-state index contributed by atoms with van der Waals surface area (Å²) in [6.45, 7) is 1.45. The second kappa shape index (κ2) is 8.97. The lowest BCUT2D eigenvalue weighted by atomic mass is 10.1. The second-order valence-electron chi connectivity index (χ2n) is 6.62. The molecule has 2 heterocycles. The number of rotatable bonds is 6. The Labute approximate surface area is 191 Å². The highest BCUT2D eigenvalue weighted by atomic mass is 35.5. The number of carboxylic acids is 1. The normalized spacial score (nSPS) is 11.6. The topological polar surface area (TPSA) is 83.4 Å². The van der Waals surface area contributed by atoms with Crippen LogP contribution < -0.4 is 4.90 Å². The van der Waals surface area contributed by atoms with Crippen LogP contribution in [0.15, 0.2) is 53.9 Å². The van der Waals surface area contributed by atoms with Crippen LogP contribution in [0, 0.1) is 0 Å². The average molecular weight is 470 g/mol. The molecule has 0 radical (unpaired) electrons. The number of benzene rings is 2. The molecule has 1 amide bonds. The van der Waals surface area contributed by atoms with Crippen molar-refractivity contribution in [1.29, 1.82) is 0 Å². The van der Waals surface area contributed by atoms with Gasteiger partial charge >= 0.3 is 5.97 Å². The second-order valence-corrected chi connectivity index (χ2v) is 8.92. The number of halogens is 1. The predicted molar refractivity (Wildman–Crippen MR) is 126 cm³/mol. The van der Waals surface area contributed by atoms with Gasteiger partial charge in [0.1, 0.15) is 5.01 Å². The zero-order chi connectivity index (χ0) is 22.0. The molecule has 0 unspecified atom stereocenters. The molecule has 4 aromatic rings. The summed E-state index contributed by atoms with van der Waals surface area (Å²) < 4.78 is 0.983. The van der Waals surface area contributed by atoms with Gasteiger partial charge in [0.05, 0.1) is 28.0 Å². The van der Waals surface area contributed by atoms with Gasteiger partial charge in [-0.15, -0.1) is 22.7 Å². The summed E-state index contributed by atoms with van der Waals surface area (Å²) in [5.41, 5.74) is 2.55. The molecular weight excluding hydrogens is 454 g/mol. The minimum Gasteiger partial charge on any atom is -0.481 e. The standard InChI is InChI=1S/C22H16ClN3O3S2/c1-13(27)26(17-6-4-5-15(23)11-17)22-24-16(12-30-22)9-14(10-20(28)29)21-25-18-7-2-3-8-19(18)31-21/h2-9,11-12H,10H2,1H3,(H,28,29)/b14-9+. The summed E-state index contributed by atoms with van der Waals surface area (Å²) >= 11 is 8.81. The maximum Gasteiger partial charge on any atom is 0.307 e. The smallest absolute Gasteiger partial charge is 0.307 e. The van der Waals surface area contributed by atoms with E-state index in [1.165, 1.54) is 34.5 Å². The van der Waals surface area contributed by atoms with Crippen molar-refractivity contribution in [2.24, 2.45) is 0 Å². The fourth-order valence-corrected chi connectivity index (χ4v) is 5.04. The first kappa shape index (κ1) is 21.2. The highest BCUT2D eigenvalue weighted by molar-refractivity contribution is 7.19. The van der Waals surface area contributed by atoms with Gasteiger partial charge in [-0.2, -0.15) is 0 Å². The van der Waals surface area contributed by atoms with Crippen molar-refractivity contribution >= 4 is 78.8 Å². The largest absolute Gasteiger partial charge is 0.481 e. The average Bonchev–Trinajstić information content (AvgIpc) is 3.34. The lowest BCUT2D eigenvalue weighted by Crippen LogP contribution is -2.22. The van der Waals surface area contributed by atoms with Crippen molar-refractivity contribution in [3.05, 3.63) is 69.6 Å². The summed E-state index contributed by atoms with van der Waals surface area (Å²) in [5.74, 6) is -1.16. The van der Waals surface area contributed by atoms with Crippen LogP contribution in [0.4, 0.5) is 10.8 Å². The Morgan fingerprint density at radius 1 is 1.16 bits per heavy atom. The number of aromatic nitrogens is 2. The number of nitrogens with zero attached hydrogens (tertiary/aromatic N) is 3. The lowest BCUT2D eigenvalue weighted by Gasteiger charge is -2.18. The van der Waals surface area contributed by atoms with E-state index in [2.05, 4.69) is 9.97 Å². The van der Waals surface area contributed by atoms with E-state index in [4.69, 9.17) is 11.6 Å². The van der Waals surface area contributed by atoms with Crippen LogP contribution in [-0.4, -0.2) is 27.0 Å². The molecule has 0 aliphatic rings. The molecule has 0 saturated heterocycles. The zero-order valence-corrected chi connectivity index (χ0v) is 18.7. The Hall–Kier alpha value is -3.07. The predicted octanol–water partition coefficient (Wildman–Crippen LogP) is 6.11. The maximum atomic E-state index is 12.3. The van der Waals surface area contributed by atoms with Crippen LogP contribution in [0.1, 0.15) is 24.0 Å². The van der Waals surface area contributed by atoms with Gasteiger partial charge in [-0.25, -0.2) is 9.97 Å². The van der Waals surface area contributed by atoms with Gasteiger partial charge in [0.25, 0.3) is 0 Å². The molecule has 1 N–H and O–H groups in total. The molecular formula is C22H16ClN3O3S2. The number of carbonyl (C=O) groups is 2. The Morgan fingerprint density at radius 3 is 2.68 bits per heavy atom. The summed E-state index contributed by atoms with van der Waals surface area (Å²) in [6, 6.07) is 14.6. The van der Waals surface area contributed by atoms with Crippen molar-refractivity contribution in [1.82, 2.24) is 9.97 Å². The van der Waals surface area contributed by atoms with Crippen molar-refractivity contribution in [3.63, 3.8) is 0 Å². The third-order valence-corrected chi connectivity index (χ3v) is 6.51. The third-order valence-electron chi connectivity index (χ3n) is 4.31. The summed E-state index contributed by atoms with van der Waals surface area (Å²) in [4.78, 5) is 34.4. The van der Waals surface area contributed by atoms with Crippen LogP contribution in [-0.2, 0) is 9.59 Å². The monoisotopic (exact) mass is 469 g/mol. The molecule has 4 rings (SSSR count). The van der Waals surface area contributed by atoms with Gasteiger partial charge in [0.15, 0.2) is 5.13 Å². The van der Waals surface area contributed by atoms with E-state index in [9.17, 15) is 14.7 Å². The first-order chi connectivity index (χ1) is 14.9. The van der Waals surface area contributed by atoms with Crippen LogP contribution in [0.3, 0.4) is 0 Å². The third kappa shape index (κ3) is 4.82. The molecule has 0 spiro atoms. The van der Waals surface area contributed by atoms with E-state index >= 15 is 0 Å². The SMILES string of the molecule is CC(=O)N(c1cccc(Cl)c1)c1nc(/C=C(\CC(=O)O)c2nc3ccccc3s2)cs1. The highest BCUT2D eigenvalue weighted by Crippen LogP contribution is 2.33. The van der Waals surface area contributed by atoms with E-state index in [0.717, 1.165) is 10.2 Å². The van der Waals surface area contributed by atoms with Gasteiger partial charge in [-0.05, 0) is 36.4 Å². The molecule has 0 aliphatic heterocycles. The highest BCUT2D eigenvalue weighted by Gasteiger charge is 2.19. The number of para-hydroxylation sites is 1. The van der Waals surface area contributed by atoms with Crippen molar-refractivity contribution in [2.75, 3.05) is 4.90 Å². The number of thiazole rings is 2. The number of aliphatic carboxylic acids is 1. The number of fused-ring (bicyclic) bond motifs is 1. The lowest BCUT2D eigenvalue weighted by molar-refractivity contribution is -0.135. The Balaban J connectivity index is 1.72. The Morgan fingerprint density at radius 2 is 1.97 bits per heavy atom. The molecule has 6 nitrogen and oxygen atoms in total. The number of carbonyl (C=O) groups excluding carboxylic acids is 1. The van der Waals surface area contributed by atoms with Gasteiger partial charge < -0.3 is 5.11 Å². The maximum absolute atomic E-state index is 12.3. The van der Waals surface area contributed by atoms with Crippen LogP contribution in [0.25, 0.3) is 21.9 Å². The van der Waals surface area contributed by atoms with Gasteiger partial charge in [-0.1, -0.05) is 29.8 Å².